The van der Waals surface area contributed by atoms with Gasteiger partial charge in [0.05, 0.1) is 12.4 Å². The molecule has 1 aliphatic carbocycles. The molecule has 2 aliphatic rings. The Kier molecular flexibility index (Phi) is 4.31. The van der Waals surface area contributed by atoms with Gasteiger partial charge in [-0.05, 0) is 24.0 Å². The van der Waals surface area contributed by atoms with Crippen LogP contribution >= 0.6 is 0 Å². The number of aromatic carboxylic acids is 1. The molecule has 2 N–H and O–H groups in total. The summed E-state index contributed by atoms with van der Waals surface area (Å²) >= 11 is 0. The second-order valence-corrected chi connectivity index (χ2v) is 6.80. The maximum atomic E-state index is 13.0. The molecule has 0 saturated heterocycles. The van der Waals surface area contributed by atoms with Crippen molar-refractivity contribution in [1.29, 1.82) is 0 Å². The van der Waals surface area contributed by atoms with Crippen molar-refractivity contribution in [2.24, 2.45) is 0 Å². The van der Waals surface area contributed by atoms with Crippen LogP contribution in [0.1, 0.15) is 44.9 Å². The van der Waals surface area contributed by atoms with Crippen molar-refractivity contribution in [3.8, 4) is 0 Å². The topological polar surface area (TPSA) is 112 Å². The Bertz CT molecular complexity index is 908. The summed E-state index contributed by atoms with van der Waals surface area (Å²) in [6, 6.07) is 7.28. The SMILES string of the molecule is O=C(O)c1cnc(C(=O)N2Cc3ccccc3C[C@H]2C(=O)NC2CC2)cn1. The molecule has 1 saturated carbocycles. The van der Waals surface area contributed by atoms with Gasteiger partial charge in [-0.25, -0.2) is 14.8 Å². The van der Waals surface area contributed by atoms with Gasteiger partial charge >= 0.3 is 5.97 Å². The molecule has 0 spiro atoms. The lowest BCUT2D eigenvalue weighted by Crippen LogP contribution is -2.53. The van der Waals surface area contributed by atoms with E-state index < -0.39 is 17.9 Å². The van der Waals surface area contributed by atoms with Gasteiger partial charge in [-0.15, -0.1) is 0 Å². The highest BCUT2D eigenvalue weighted by Crippen LogP contribution is 2.26. The number of carbonyl (C=O) groups is 3. The number of carboxylic acids is 1. The number of carbonyl (C=O) groups excluding carboxylic acids is 2. The summed E-state index contributed by atoms with van der Waals surface area (Å²) in [6.07, 6.45) is 4.55. The van der Waals surface area contributed by atoms with Gasteiger partial charge in [0.2, 0.25) is 5.91 Å². The summed E-state index contributed by atoms with van der Waals surface area (Å²) in [5.74, 6) is -1.82. The molecule has 2 aromatic rings. The molecule has 4 rings (SSSR count). The molecular formula is C19H18N4O4. The standard InChI is InChI=1S/C19H18N4O4/c24-17(22-13-5-6-13)16-7-11-3-1-2-4-12(11)10-23(16)18(25)14-8-21-15(9-20-14)19(26)27/h1-4,8-9,13,16H,5-7,10H2,(H,22,24)(H,26,27)/t16-/m0/s1. The molecule has 0 radical (unpaired) electrons. The largest absolute Gasteiger partial charge is 0.476 e. The normalized spacial score (nSPS) is 18.5. The third-order valence-corrected chi connectivity index (χ3v) is 4.83. The maximum Gasteiger partial charge on any atom is 0.356 e. The number of fused-ring (bicyclic) bond motifs is 1. The predicted octanol–water partition coefficient (Wildman–Crippen LogP) is 1.02. The van der Waals surface area contributed by atoms with Crippen molar-refractivity contribution in [1.82, 2.24) is 20.2 Å². The van der Waals surface area contributed by atoms with Gasteiger partial charge in [0.25, 0.3) is 5.91 Å². The molecule has 2 amide bonds. The van der Waals surface area contributed by atoms with Gasteiger partial charge in [-0.3, -0.25) is 9.59 Å². The van der Waals surface area contributed by atoms with Crippen LogP contribution in [-0.2, 0) is 17.8 Å². The first-order valence-corrected chi connectivity index (χ1v) is 8.76. The summed E-state index contributed by atoms with van der Waals surface area (Å²) in [6.45, 7) is 0.292. The molecule has 1 aromatic heterocycles. The van der Waals surface area contributed by atoms with Crippen LogP contribution in [0.25, 0.3) is 0 Å². The average molecular weight is 366 g/mol. The van der Waals surface area contributed by atoms with Gasteiger partial charge in [0.15, 0.2) is 5.69 Å². The molecule has 0 unspecified atom stereocenters. The summed E-state index contributed by atoms with van der Waals surface area (Å²) in [5, 5.41) is 11.9. The van der Waals surface area contributed by atoms with Crippen molar-refractivity contribution in [3.05, 3.63) is 59.2 Å². The van der Waals surface area contributed by atoms with Crippen molar-refractivity contribution in [2.75, 3.05) is 0 Å². The number of benzene rings is 1. The average Bonchev–Trinajstić information content (AvgIpc) is 3.50. The highest BCUT2D eigenvalue weighted by molar-refractivity contribution is 5.97. The minimum atomic E-state index is -1.21. The van der Waals surface area contributed by atoms with Crippen LogP contribution in [0.4, 0.5) is 0 Å². The fraction of sp³-hybridized carbons (Fsp3) is 0.316. The van der Waals surface area contributed by atoms with Crippen LogP contribution in [0, 0.1) is 0 Å². The molecule has 1 atom stereocenters. The lowest BCUT2D eigenvalue weighted by molar-refractivity contribution is -0.126. The molecule has 1 fully saturated rings. The fourth-order valence-corrected chi connectivity index (χ4v) is 3.19. The zero-order valence-electron chi connectivity index (χ0n) is 14.5. The Morgan fingerprint density at radius 2 is 1.70 bits per heavy atom. The second kappa shape index (κ2) is 6.79. The number of amides is 2. The third-order valence-electron chi connectivity index (χ3n) is 4.83. The van der Waals surface area contributed by atoms with Crippen LogP contribution in [0.5, 0.6) is 0 Å². The Labute approximate surface area is 155 Å². The molecule has 8 heteroatoms. The monoisotopic (exact) mass is 366 g/mol. The predicted molar refractivity (Wildman–Crippen MR) is 94.0 cm³/mol. The molecule has 0 bridgehead atoms. The number of hydrogen-bond acceptors (Lipinski definition) is 5. The van der Waals surface area contributed by atoms with E-state index in [2.05, 4.69) is 15.3 Å². The molecule has 2 heterocycles. The highest BCUT2D eigenvalue weighted by atomic mass is 16.4. The molecule has 138 valence electrons. The van der Waals surface area contributed by atoms with E-state index in [1.54, 1.807) is 0 Å². The van der Waals surface area contributed by atoms with E-state index in [0.717, 1.165) is 36.4 Å². The first-order chi connectivity index (χ1) is 13.0. The fourth-order valence-electron chi connectivity index (χ4n) is 3.19. The van der Waals surface area contributed by atoms with E-state index in [4.69, 9.17) is 5.11 Å². The summed E-state index contributed by atoms with van der Waals surface area (Å²) < 4.78 is 0. The molecule has 8 nitrogen and oxygen atoms in total. The van der Waals surface area contributed by atoms with E-state index >= 15 is 0 Å². The molecular weight excluding hydrogens is 348 g/mol. The number of carboxylic acid groups (broad SMARTS) is 1. The van der Waals surface area contributed by atoms with Crippen LogP contribution in [0.2, 0.25) is 0 Å². The van der Waals surface area contributed by atoms with Crippen LogP contribution in [0.15, 0.2) is 36.7 Å². The van der Waals surface area contributed by atoms with Gasteiger partial charge in [0.1, 0.15) is 11.7 Å². The number of aromatic nitrogens is 2. The lowest BCUT2D eigenvalue weighted by Gasteiger charge is -2.35. The quantitative estimate of drug-likeness (QED) is 0.835. The third kappa shape index (κ3) is 3.51. The van der Waals surface area contributed by atoms with Crippen molar-refractivity contribution in [2.45, 2.75) is 37.9 Å². The smallest absolute Gasteiger partial charge is 0.356 e. The maximum absolute atomic E-state index is 13.0. The summed E-state index contributed by atoms with van der Waals surface area (Å²) in [5.41, 5.74) is 1.81. The zero-order chi connectivity index (χ0) is 19.0. The minimum Gasteiger partial charge on any atom is -0.476 e. The number of nitrogens with one attached hydrogen (secondary N) is 1. The van der Waals surface area contributed by atoms with E-state index in [9.17, 15) is 14.4 Å². The van der Waals surface area contributed by atoms with Gasteiger partial charge in [0, 0.05) is 19.0 Å². The Balaban J connectivity index is 1.63. The molecule has 1 aliphatic heterocycles. The van der Waals surface area contributed by atoms with E-state index in [0.29, 0.717) is 13.0 Å². The first kappa shape index (κ1) is 17.1. The second-order valence-electron chi connectivity index (χ2n) is 6.80. The van der Waals surface area contributed by atoms with Gasteiger partial charge < -0.3 is 15.3 Å². The number of hydrogen-bond donors (Lipinski definition) is 2. The lowest BCUT2D eigenvalue weighted by atomic mass is 9.93. The summed E-state index contributed by atoms with van der Waals surface area (Å²) in [7, 11) is 0. The summed E-state index contributed by atoms with van der Waals surface area (Å²) in [4.78, 5) is 45.8. The van der Waals surface area contributed by atoms with E-state index in [1.165, 1.54) is 4.90 Å². The van der Waals surface area contributed by atoms with Gasteiger partial charge in [-0.1, -0.05) is 24.3 Å². The van der Waals surface area contributed by atoms with Crippen molar-refractivity contribution < 1.29 is 19.5 Å². The molecule has 27 heavy (non-hydrogen) atoms. The Morgan fingerprint density at radius 3 is 2.33 bits per heavy atom. The first-order valence-electron chi connectivity index (χ1n) is 8.76. The highest BCUT2D eigenvalue weighted by Gasteiger charge is 2.37. The van der Waals surface area contributed by atoms with Gasteiger partial charge in [-0.2, -0.15) is 0 Å². The van der Waals surface area contributed by atoms with Crippen molar-refractivity contribution >= 4 is 17.8 Å². The van der Waals surface area contributed by atoms with Crippen LogP contribution in [-0.4, -0.2) is 49.8 Å². The Morgan fingerprint density at radius 1 is 1.04 bits per heavy atom. The van der Waals surface area contributed by atoms with E-state index in [-0.39, 0.29) is 23.3 Å². The molecule has 1 aromatic carbocycles. The zero-order valence-corrected chi connectivity index (χ0v) is 14.5. The number of rotatable bonds is 4. The van der Waals surface area contributed by atoms with Crippen LogP contribution < -0.4 is 5.32 Å². The van der Waals surface area contributed by atoms with E-state index in [1.807, 2.05) is 24.3 Å². The Hall–Kier alpha value is -3.29. The minimum absolute atomic E-state index is 0.0172. The number of nitrogens with zero attached hydrogens (tertiary/aromatic N) is 3. The van der Waals surface area contributed by atoms with Crippen molar-refractivity contribution in [3.63, 3.8) is 0 Å². The van der Waals surface area contributed by atoms with Crippen LogP contribution in [0.3, 0.4) is 0 Å².